The van der Waals surface area contributed by atoms with Gasteiger partial charge in [-0.15, -0.1) is 11.3 Å². The molecule has 1 amide bonds. The van der Waals surface area contributed by atoms with Gasteiger partial charge in [0, 0.05) is 25.9 Å². The van der Waals surface area contributed by atoms with Crippen molar-refractivity contribution in [2.45, 2.75) is 31.8 Å². The van der Waals surface area contributed by atoms with E-state index >= 15 is 0 Å². The molecule has 29 heavy (non-hydrogen) atoms. The molecule has 0 spiro atoms. The number of aryl methyl sites for hydroxylation is 1. The number of ether oxygens (including phenoxy) is 2. The molecule has 4 rings (SSSR count). The largest absolute Gasteiger partial charge is 0.491 e. The van der Waals surface area contributed by atoms with Crippen molar-refractivity contribution in [3.05, 3.63) is 59.6 Å². The number of para-hydroxylation sites is 2. The fraction of sp³-hybridized carbons (Fsp3) is 0.391. The van der Waals surface area contributed by atoms with Crippen LogP contribution in [0.15, 0.2) is 54.6 Å². The van der Waals surface area contributed by atoms with E-state index in [0.29, 0.717) is 26.1 Å². The van der Waals surface area contributed by atoms with Gasteiger partial charge in [-0.05, 0) is 37.1 Å². The van der Waals surface area contributed by atoms with Gasteiger partial charge in [0.05, 0.1) is 27.9 Å². The maximum absolute atomic E-state index is 12.6. The molecule has 3 aromatic rings. The average Bonchev–Trinajstić information content (AvgIpc) is 3.19. The number of hydrogen-bond acceptors (Lipinski definition) is 5. The van der Waals surface area contributed by atoms with Gasteiger partial charge in [-0.2, -0.15) is 0 Å². The number of fused-ring (bicyclic) bond motifs is 1. The first-order chi connectivity index (χ1) is 14.3. The molecule has 6 heteroatoms. The second-order valence-corrected chi connectivity index (χ2v) is 8.30. The molecule has 1 aliphatic heterocycles. The number of hydrogen-bond donors (Lipinski definition) is 0. The van der Waals surface area contributed by atoms with Crippen LogP contribution in [0.3, 0.4) is 0 Å². The minimum absolute atomic E-state index is 0.211. The number of amides is 1. The summed E-state index contributed by atoms with van der Waals surface area (Å²) in [5.41, 5.74) is 1.02. The summed E-state index contributed by atoms with van der Waals surface area (Å²) in [5, 5.41) is 1.04. The lowest BCUT2D eigenvalue weighted by atomic mass is 10.1. The summed E-state index contributed by atoms with van der Waals surface area (Å²) in [5.74, 6) is 1.08. The van der Waals surface area contributed by atoms with E-state index in [1.807, 2.05) is 53.4 Å². The Morgan fingerprint density at radius 3 is 2.59 bits per heavy atom. The molecule has 5 nitrogen and oxygen atoms in total. The van der Waals surface area contributed by atoms with Crippen molar-refractivity contribution in [2.75, 3.05) is 26.3 Å². The molecular formula is C23H26N2O3S. The second kappa shape index (κ2) is 9.85. The first-order valence-corrected chi connectivity index (χ1v) is 11.0. The van der Waals surface area contributed by atoms with E-state index in [9.17, 15) is 4.79 Å². The van der Waals surface area contributed by atoms with E-state index in [-0.39, 0.29) is 12.0 Å². The number of rotatable bonds is 8. The van der Waals surface area contributed by atoms with Gasteiger partial charge in [0.25, 0.3) is 0 Å². The molecule has 0 unspecified atom stereocenters. The molecule has 2 heterocycles. The molecule has 0 radical (unpaired) electrons. The Labute approximate surface area is 175 Å². The predicted molar refractivity (Wildman–Crippen MR) is 115 cm³/mol. The number of likely N-dealkylation sites (tertiary alicyclic amines) is 1. The Hall–Kier alpha value is -2.44. The van der Waals surface area contributed by atoms with Crippen molar-refractivity contribution in [1.82, 2.24) is 9.88 Å². The van der Waals surface area contributed by atoms with Gasteiger partial charge in [-0.1, -0.05) is 30.3 Å². The van der Waals surface area contributed by atoms with E-state index in [1.54, 1.807) is 11.3 Å². The number of benzene rings is 2. The average molecular weight is 411 g/mol. The Morgan fingerprint density at radius 2 is 1.79 bits per heavy atom. The van der Waals surface area contributed by atoms with Crippen LogP contribution in [0.4, 0.5) is 0 Å². The standard InChI is InChI=1S/C23H26N2O3S/c26-23(11-10-22-24-20-8-4-5-9-21(20)29-22)25-14-12-19(13-15-25)28-17-16-27-18-6-2-1-3-7-18/h1-9,19H,10-17H2. The SMILES string of the molecule is O=C(CCc1nc2ccccc2s1)N1CCC(OCCOc2ccccc2)CC1. The van der Waals surface area contributed by atoms with Crippen LogP contribution in [-0.2, 0) is 16.0 Å². The topological polar surface area (TPSA) is 51.7 Å². The zero-order valence-electron chi connectivity index (χ0n) is 16.5. The zero-order chi connectivity index (χ0) is 19.9. The van der Waals surface area contributed by atoms with Crippen LogP contribution < -0.4 is 4.74 Å². The highest BCUT2D eigenvalue weighted by Gasteiger charge is 2.23. The van der Waals surface area contributed by atoms with E-state index in [0.717, 1.165) is 42.2 Å². The fourth-order valence-corrected chi connectivity index (χ4v) is 4.53. The van der Waals surface area contributed by atoms with Crippen LogP contribution >= 0.6 is 11.3 Å². The smallest absolute Gasteiger partial charge is 0.222 e. The van der Waals surface area contributed by atoms with Gasteiger partial charge >= 0.3 is 0 Å². The molecule has 1 aromatic heterocycles. The highest BCUT2D eigenvalue weighted by molar-refractivity contribution is 7.18. The van der Waals surface area contributed by atoms with Crippen molar-refractivity contribution < 1.29 is 14.3 Å². The van der Waals surface area contributed by atoms with Crippen LogP contribution in [0, 0.1) is 0 Å². The van der Waals surface area contributed by atoms with Crippen LogP contribution in [0.2, 0.25) is 0 Å². The zero-order valence-corrected chi connectivity index (χ0v) is 17.3. The number of nitrogens with zero attached hydrogens (tertiary/aromatic N) is 2. The molecule has 0 bridgehead atoms. The lowest BCUT2D eigenvalue weighted by Gasteiger charge is -2.32. The number of thiazole rings is 1. The van der Waals surface area contributed by atoms with Crippen LogP contribution in [-0.4, -0.2) is 48.2 Å². The number of aromatic nitrogens is 1. The molecule has 152 valence electrons. The quantitative estimate of drug-likeness (QED) is 0.519. The summed E-state index contributed by atoms with van der Waals surface area (Å²) in [7, 11) is 0. The van der Waals surface area contributed by atoms with E-state index in [4.69, 9.17) is 9.47 Å². The normalized spacial score (nSPS) is 15.0. The van der Waals surface area contributed by atoms with E-state index in [1.165, 1.54) is 4.70 Å². The highest BCUT2D eigenvalue weighted by atomic mass is 32.1. The van der Waals surface area contributed by atoms with Gasteiger partial charge in [-0.25, -0.2) is 4.98 Å². The molecule has 0 atom stereocenters. The molecule has 0 N–H and O–H groups in total. The summed E-state index contributed by atoms with van der Waals surface area (Å²) < 4.78 is 12.8. The monoisotopic (exact) mass is 410 g/mol. The van der Waals surface area contributed by atoms with Crippen molar-refractivity contribution >= 4 is 27.5 Å². The van der Waals surface area contributed by atoms with Gasteiger partial charge in [0.1, 0.15) is 12.4 Å². The lowest BCUT2D eigenvalue weighted by Crippen LogP contribution is -2.41. The second-order valence-electron chi connectivity index (χ2n) is 7.19. The first-order valence-electron chi connectivity index (χ1n) is 10.2. The van der Waals surface area contributed by atoms with Crippen molar-refractivity contribution in [2.24, 2.45) is 0 Å². The Kier molecular flexibility index (Phi) is 6.75. The molecule has 0 aliphatic carbocycles. The van der Waals surface area contributed by atoms with Crippen molar-refractivity contribution in [3.8, 4) is 5.75 Å². The molecule has 1 fully saturated rings. The predicted octanol–water partition coefficient (Wildman–Crippen LogP) is 4.32. The minimum atomic E-state index is 0.211. The summed E-state index contributed by atoms with van der Waals surface area (Å²) in [6.07, 6.45) is 3.22. The summed E-state index contributed by atoms with van der Waals surface area (Å²) >= 11 is 1.68. The van der Waals surface area contributed by atoms with E-state index < -0.39 is 0 Å². The number of carbonyl (C=O) groups excluding carboxylic acids is 1. The number of piperidine rings is 1. The van der Waals surface area contributed by atoms with Gasteiger partial charge in [0.15, 0.2) is 0 Å². The first kappa shape index (κ1) is 19.9. The van der Waals surface area contributed by atoms with Gasteiger partial charge in [-0.3, -0.25) is 4.79 Å². The minimum Gasteiger partial charge on any atom is -0.491 e. The summed E-state index contributed by atoms with van der Waals surface area (Å²) in [6.45, 7) is 2.65. The third-order valence-corrected chi connectivity index (χ3v) is 6.23. The Balaban J connectivity index is 1.14. The third kappa shape index (κ3) is 5.55. The van der Waals surface area contributed by atoms with Crippen LogP contribution in [0.25, 0.3) is 10.2 Å². The van der Waals surface area contributed by atoms with Crippen LogP contribution in [0.5, 0.6) is 5.75 Å². The number of carbonyl (C=O) groups is 1. The van der Waals surface area contributed by atoms with Crippen molar-refractivity contribution in [3.63, 3.8) is 0 Å². The maximum atomic E-state index is 12.6. The summed E-state index contributed by atoms with van der Waals surface area (Å²) in [6, 6.07) is 17.9. The highest BCUT2D eigenvalue weighted by Crippen LogP contribution is 2.23. The Morgan fingerprint density at radius 1 is 1.03 bits per heavy atom. The van der Waals surface area contributed by atoms with Crippen molar-refractivity contribution in [1.29, 1.82) is 0 Å². The fourth-order valence-electron chi connectivity index (χ4n) is 3.56. The molecule has 2 aromatic carbocycles. The summed E-state index contributed by atoms with van der Waals surface area (Å²) in [4.78, 5) is 19.1. The lowest BCUT2D eigenvalue weighted by molar-refractivity contribution is -0.133. The molecular weight excluding hydrogens is 384 g/mol. The molecule has 1 saturated heterocycles. The molecule has 1 aliphatic rings. The Bertz CT molecular complexity index is 887. The maximum Gasteiger partial charge on any atom is 0.222 e. The van der Waals surface area contributed by atoms with Crippen LogP contribution in [0.1, 0.15) is 24.3 Å². The van der Waals surface area contributed by atoms with Gasteiger partial charge in [0.2, 0.25) is 5.91 Å². The van der Waals surface area contributed by atoms with Gasteiger partial charge < -0.3 is 14.4 Å². The molecule has 0 saturated carbocycles. The third-order valence-electron chi connectivity index (χ3n) is 5.13. The van der Waals surface area contributed by atoms with E-state index in [2.05, 4.69) is 11.1 Å².